The summed E-state index contributed by atoms with van der Waals surface area (Å²) in [7, 11) is 1.80. The Morgan fingerprint density at radius 1 is 1.31 bits per heavy atom. The number of anilines is 1. The first-order chi connectivity index (χ1) is 7.78. The lowest BCUT2D eigenvalue weighted by Crippen LogP contribution is -2.05. The quantitative estimate of drug-likeness (QED) is 0.785. The molecule has 0 amide bonds. The molecule has 0 aromatic carbocycles. The van der Waals surface area contributed by atoms with Crippen LogP contribution in [0.15, 0.2) is 45.4 Å². The van der Waals surface area contributed by atoms with Crippen LogP contribution in [-0.4, -0.2) is 22.0 Å². The topological polar surface area (TPSA) is 70.7 Å². The minimum atomic E-state index is -0.152. The molecule has 2 heterocycles. The summed E-state index contributed by atoms with van der Waals surface area (Å²) >= 11 is 1.38. The van der Waals surface area contributed by atoms with Gasteiger partial charge in [-0.25, -0.2) is 9.97 Å². The van der Waals surface area contributed by atoms with E-state index in [1.165, 1.54) is 24.0 Å². The van der Waals surface area contributed by atoms with Crippen LogP contribution in [0.5, 0.6) is 0 Å². The molecule has 2 N–H and O–H groups in total. The molecule has 0 aliphatic heterocycles. The van der Waals surface area contributed by atoms with Crippen LogP contribution < -0.4 is 10.9 Å². The van der Waals surface area contributed by atoms with E-state index in [-0.39, 0.29) is 5.56 Å². The molecular formula is C10H10N4OS. The van der Waals surface area contributed by atoms with Gasteiger partial charge < -0.3 is 10.3 Å². The van der Waals surface area contributed by atoms with Crippen molar-refractivity contribution >= 4 is 17.6 Å². The molecule has 0 saturated carbocycles. The Morgan fingerprint density at radius 2 is 2.12 bits per heavy atom. The van der Waals surface area contributed by atoms with Crippen LogP contribution in [-0.2, 0) is 0 Å². The summed E-state index contributed by atoms with van der Waals surface area (Å²) in [4.78, 5) is 22.8. The third kappa shape index (κ3) is 2.60. The van der Waals surface area contributed by atoms with Crippen LogP contribution in [0.1, 0.15) is 0 Å². The summed E-state index contributed by atoms with van der Waals surface area (Å²) in [5.41, 5.74) is -0.152. The van der Waals surface area contributed by atoms with E-state index in [4.69, 9.17) is 0 Å². The van der Waals surface area contributed by atoms with Gasteiger partial charge in [0.15, 0.2) is 5.16 Å². The highest BCUT2D eigenvalue weighted by molar-refractivity contribution is 7.99. The highest BCUT2D eigenvalue weighted by Gasteiger charge is 2.00. The van der Waals surface area contributed by atoms with Crippen molar-refractivity contribution < 1.29 is 0 Å². The van der Waals surface area contributed by atoms with Crippen molar-refractivity contribution in [2.45, 2.75) is 10.1 Å². The third-order valence-electron chi connectivity index (χ3n) is 1.85. The molecule has 82 valence electrons. The third-order valence-corrected chi connectivity index (χ3v) is 2.74. The molecule has 0 fully saturated rings. The molecule has 0 unspecified atom stereocenters. The maximum absolute atomic E-state index is 11.1. The van der Waals surface area contributed by atoms with Crippen LogP contribution in [0.4, 0.5) is 5.82 Å². The van der Waals surface area contributed by atoms with E-state index in [0.29, 0.717) is 5.16 Å². The second kappa shape index (κ2) is 4.80. The Kier molecular flexibility index (Phi) is 3.21. The molecule has 2 aromatic heterocycles. The number of hydrogen-bond donors (Lipinski definition) is 2. The lowest BCUT2D eigenvalue weighted by molar-refractivity contribution is 0.936. The number of aromatic nitrogens is 3. The molecule has 2 rings (SSSR count). The van der Waals surface area contributed by atoms with Gasteiger partial charge in [0.1, 0.15) is 5.82 Å². The smallest absolute Gasteiger partial charge is 0.251 e. The summed E-state index contributed by atoms with van der Waals surface area (Å²) in [6.07, 6.45) is 3.19. The van der Waals surface area contributed by atoms with Crippen LogP contribution in [0.3, 0.4) is 0 Å². The van der Waals surface area contributed by atoms with Crippen molar-refractivity contribution in [3.8, 4) is 0 Å². The van der Waals surface area contributed by atoms with Gasteiger partial charge in [0.25, 0.3) is 5.56 Å². The van der Waals surface area contributed by atoms with Crippen molar-refractivity contribution in [1.29, 1.82) is 0 Å². The van der Waals surface area contributed by atoms with Crippen molar-refractivity contribution in [1.82, 2.24) is 15.0 Å². The maximum atomic E-state index is 11.1. The Bertz CT molecular complexity index is 540. The van der Waals surface area contributed by atoms with E-state index in [2.05, 4.69) is 20.3 Å². The van der Waals surface area contributed by atoms with Crippen LogP contribution in [0, 0.1) is 0 Å². The molecule has 2 aromatic rings. The Hall–Kier alpha value is -1.82. The van der Waals surface area contributed by atoms with E-state index < -0.39 is 0 Å². The predicted octanol–water partition coefficient (Wildman–Crippen LogP) is 1.36. The Balaban J connectivity index is 2.23. The zero-order valence-corrected chi connectivity index (χ0v) is 9.41. The van der Waals surface area contributed by atoms with Gasteiger partial charge in [0, 0.05) is 30.4 Å². The molecule has 0 bridgehead atoms. The average molecular weight is 234 g/mol. The average Bonchev–Trinajstić information content (AvgIpc) is 2.29. The molecule has 0 radical (unpaired) electrons. The van der Waals surface area contributed by atoms with Gasteiger partial charge in [0.2, 0.25) is 0 Å². The molecule has 0 atom stereocenters. The number of H-pyrrole nitrogens is 1. The first-order valence-electron chi connectivity index (χ1n) is 4.65. The van der Waals surface area contributed by atoms with Gasteiger partial charge in [0.05, 0.1) is 0 Å². The SMILES string of the molecule is CNc1cc(Sc2nccc(=O)[nH]2)ccn1. The summed E-state index contributed by atoms with van der Waals surface area (Å²) in [5.74, 6) is 0.781. The lowest BCUT2D eigenvalue weighted by Gasteiger charge is -2.02. The zero-order valence-electron chi connectivity index (χ0n) is 8.60. The Labute approximate surface area is 96.3 Å². The fourth-order valence-corrected chi connectivity index (χ4v) is 1.91. The Morgan fingerprint density at radius 3 is 2.88 bits per heavy atom. The number of aromatic amines is 1. The number of pyridine rings is 1. The van der Waals surface area contributed by atoms with Crippen LogP contribution in [0.25, 0.3) is 0 Å². The molecule has 16 heavy (non-hydrogen) atoms. The zero-order chi connectivity index (χ0) is 11.4. The molecule has 6 heteroatoms. The lowest BCUT2D eigenvalue weighted by atomic mass is 10.5. The van der Waals surface area contributed by atoms with E-state index in [1.807, 2.05) is 12.1 Å². The van der Waals surface area contributed by atoms with Crippen molar-refractivity contribution in [2.75, 3.05) is 12.4 Å². The second-order valence-corrected chi connectivity index (χ2v) is 4.03. The second-order valence-electron chi connectivity index (χ2n) is 2.97. The normalized spacial score (nSPS) is 10.1. The molecule has 0 aliphatic carbocycles. The first-order valence-corrected chi connectivity index (χ1v) is 5.46. The number of nitrogens with one attached hydrogen (secondary N) is 2. The van der Waals surface area contributed by atoms with Crippen molar-refractivity contribution in [3.63, 3.8) is 0 Å². The number of hydrogen-bond acceptors (Lipinski definition) is 5. The summed E-state index contributed by atoms with van der Waals surface area (Å²) in [6.45, 7) is 0. The molecule has 0 aliphatic rings. The molecule has 5 nitrogen and oxygen atoms in total. The highest BCUT2D eigenvalue weighted by atomic mass is 32.2. The van der Waals surface area contributed by atoms with Crippen LogP contribution in [0.2, 0.25) is 0 Å². The van der Waals surface area contributed by atoms with Gasteiger partial charge in [-0.2, -0.15) is 0 Å². The fraction of sp³-hybridized carbons (Fsp3) is 0.100. The van der Waals surface area contributed by atoms with Crippen LogP contribution >= 0.6 is 11.8 Å². The van der Waals surface area contributed by atoms with Gasteiger partial charge >= 0.3 is 0 Å². The monoisotopic (exact) mass is 234 g/mol. The van der Waals surface area contributed by atoms with Gasteiger partial charge in [-0.1, -0.05) is 11.8 Å². The van der Waals surface area contributed by atoms with Gasteiger partial charge in [-0.3, -0.25) is 4.79 Å². The molecular weight excluding hydrogens is 224 g/mol. The number of nitrogens with zero attached hydrogens (tertiary/aromatic N) is 2. The first kappa shape index (κ1) is 10.7. The highest BCUT2D eigenvalue weighted by Crippen LogP contribution is 2.24. The maximum Gasteiger partial charge on any atom is 0.251 e. The largest absolute Gasteiger partial charge is 0.373 e. The molecule has 0 spiro atoms. The summed E-state index contributed by atoms with van der Waals surface area (Å²) < 4.78 is 0. The standard InChI is InChI=1S/C10H10N4OS/c1-11-8-6-7(2-4-12-8)16-10-13-5-3-9(15)14-10/h2-6H,1H3,(H,11,12)(H,13,14,15). The van der Waals surface area contributed by atoms with Crippen molar-refractivity contribution in [3.05, 3.63) is 40.9 Å². The van der Waals surface area contributed by atoms with E-state index in [1.54, 1.807) is 13.2 Å². The summed E-state index contributed by atoms with van der Waals surface area (Å²) in [5, 5.41) is 3.52. The van der Waals surface area contributed by atoms with E-state index in [0.717, 1.165) is 10.7 Å². The van der Waals surface area contributed by atoms with E-state index in [9.17, 15) is 4.79 Å². The van der Waals surface area contributed by atoms with Gasteiger partial charge in [-0.05, 0) is 12.1 Å². The van der Waals surface area contributed by atoms with E-state index >= 15 is 0 Å². The van der Waals surface area contributed by atoms with Crippen molar-refractivity contribution in [2.24, 2.45) is 0 Å². The van der Waals surface area contributed by atoms with Gasteiger partial charge in [-0.15, -0.1) is 0 Å². The number of rotatable bonds is 3. The molecule has 0 saturated heterocycles. The summed E-state index contributed by atoms with van der Waals surface area (Å²) in [6, 6.07) is 5.13. The minimum absolute atomic E-state index is 0.152. The fourth-order valence-electron chi connectivity index (χ4n) is 1.13. The predicted molar refractivity (Wildman–Crippen MR) is 62.8 cm³/mol. The minimum Gasteiger partial charge on any atom is -0.373 e.